The maximum Gasteiger partial charge on any atom is 0.411 e. The molecule has 34 heavy (non-hydrogen) atoms. The number of carbonyl (C=O) groups excluding carboxylic acids is 1. The standard InChI is InChI=1S/C24H32N4O5S/c1-5-13-24(14-8-17-28(24)22(29)33-23(2,3)4)21-26-25-20(32-21)18-9-11-19(12-10-18)34(30,31)27-15-6-7-16-27/h5,9-12H,1,6-8,13-17H2,2-4H3/t24-/m1/s1. The van der Waals surface area contributed by atoms with Crippen molar-refractivity contribution in [3.8, 4) is 11.5 Å². The molecule has 2 fully saturated rings. The van der Waals surface area contributed by atoms with Gasteiger partial charge in [-0.25, -0.2) is 13.2 Å². The smallest absolute Gasteiger partial charge is 0.411 e. The van der Waals surface area contributed by atoms with Crippen LogP contribution in [0.1, 0.15) is 58.8 Å². The van der Waals surface area contributed by atoms with Crippen molar-refractivity contribution in [2.45, 2.75) is 68.9 Å². The van der Waals surface area contributed by atoms with Gasteiger partial charge in [-0.05, 0) is 77.1 Å². The molecule has 2 aliphatic rings. The van der Waals surface area contributed by atoms with Crippen LogP contribution in [0.2, 0.25) is 0 Å². The normalized spacial score (nSPS) is 21.7. The van der Waals surface area contributed by atoms with Gasteiger partial charge in [0.05, 0.1) is 4.90 Å². The summed E-state index contributed by atoms with van der Waals surface area (Å²) in [5, 5.41) is 8.49. The van der Waals surface area contributed by atoms with Crippen molar-refractivity contribution >= 4 is 16.1 Å². The third kappa shape index (κ3) is 4.61. The van der Waals surface area contributed by atoms with E-state index in [9.17, 15) is 13.2 Å². The predicted molar refractivity (Wildman–Crippen MR) is 126 cm³/mol. The minimum absolute atomic E-state index is 0.243. The number of aromatic nitrogens is 2. The Morgan fingerprint density at radius 1 is 1.15 bits per heavy atom. The zero-order valence-electron chi connectivity index (χ0n) is 20.0. The average molecular weight is 489 g/mol. The zero-order valence-corrected chi connectivity index (χ0v) is 20.8. The second kappa shape index (κ2) is 9.14. The van der Waals surface area contributed by atoms with Gasteiger partial charge >= 0.3 is 6.09 Å². The fourth-order valence-electron chi connectivity index (χ4n) is 4.60. The van der Waals surface area contributed by atoms with Crippen LogP contribution in [0.15, 0.2) is 46.2 Å². The number of benzene rings is 1. The molecule has 0 spiro atoms. The lowest BCUT2D eigenvalue weighted by Gasteiger charge is -2.35. The van der Waals surface area contributed by atoms with E-state index < -0.39 is 27.3 Å². The Morgan fingerprint density at radius 2 is 1.82 bits per heavy atom. The molecule has 0 saturated carbocycles. The summed E-state index contributed by atoms with van der Waals surface area (Å²) in [6.07, 6.45) is 4.94. The molecule has 3 heterocycles. The van der Waals surface area contributed by atoms with E-state index >= 15 is 0 Å². The van der Waals surface area contributed by atoms with Crippen LogP contribution in [0.25, 0.3) is 11.5 Å². The van der Waals surface area contributed by atoms with Gasteiger partial charge in [0.2, 0.25) is 21.8 Å². The van der Waals surface area contributed by atoms with Gasteiger partial charge in [0.15, 0.2) is 0 Å². The molecule has 4 rings (SSSR count). The Labute approximate surface area is 200 Å². The van der Waals surface area contributed by atoms with Crippen LogP contribution in [0, 0.1) is 0 Å². The van der Waals surface area contributed by atoms with Crippen LogP contribution in [0.4, 0.5) is 4.79 Å². The molecule has 9 nitrogen and oxygen atoms in total. The number of nitrogens with zero attached hydrogens (tertiary/aromatic N) is 4. The Balaban J connectivity index is 1.61. The molecule has 10 heteroatoms. The summed E-state index contributed by atoms with van der Waals surface area (Å²) in [5.41, 5.74) is -0.847. The molecule has 0 aliphatic carbocycles. The first kappa shape index (κ1) is 24.4. The summed E-state index contributed by atoms with van der Waals surface area (Å²) in [5.74, 6) is 0.583. The van der Waals surface area contributed by atoms with E-state index in [1.165, 1.54) is 4.31 Å². The van der Waals surface area contributed by atoms with Crippen molar-refractivity contribution < 1.29 is 22.4 Å². The van der Waals surface area contributed by atoms with E-state index in [0.29, 0.717) is 43.9 Å². The van der Waals surface area contributed by atoms with Gasteiger partial charge in [0.1, 0.15) is 11.1 Å². The van der Waals surface area contributed by atoms with Crippen molar-refractivity contribution in [3.63, 3.8) is 0 Å². The van der Waals surface area contributed by atoms with Gasteiger partial charge in [-0.1, -0.05) is 6.08 Å². The lowest BCUT2D eigenvalue weighted by molar-refractivity contribution is 0.00219. The average Bonchev–Trinajstić information content (AvgIpc) is 3.53. The highest BCUT2D eigenvalue weighted by Crippen LogP contribution is 2.43. The molecule has 1 amide bonds. The maximum atomic E-state index is 13.0. The van der Waals surface area contributed by atoms with Crippen molar-refractivity contribution in [3.05, 3.63) is 42.8 Å². The number of sulfonamides is 1. The van der Waals surface area contributed by atoms with Crippen molar-refractivity contribution in [1.82, 2.24) is 19.4 Å². The van der Waals surface area contributed by atoms with E-state index in [4.69, 9.17) is 9.15 Å². The predicted octanol–water partition coefficient (Wildman–Crippen LogP) is 4.32. The van der Waals surface area contributed by atoms with Gasteiger partial charge in [0, 0.05) is 25.2 Å². The summed E-state index contributed by atoms with van der Waals surface area (Å²) in [4.78, 5) is 14.9. The summed E-state index contributed by atoms with van der Waals surface area (Å²) >= 11 is 0. The highest BCUT2D eigenvalue weighted by molar-refractivity contribution is 7.89. The Kier molecular flexibility index (Phi) is 6.56. The first-order valence-corrected chi connectivity index (χ1v) is 13.1. The van der Waals surface area contributed by atoms with Gasteiger partial charge in [0.25, 0.3) is 0 Å². The fraction of sp³-hybridized carbons (Fsp3) is 0.542. The maximum absolute atomic E-state index is 13.0. The number of rotatable bonds is 6. The van der Waals surface area contributed by atoms with Gasteiger partial charge < -0.3 is 9.15 Å². The largest absolute Gasteiger partial charge is 0.444 e. The molecule has 1 aromatic carbocycles. The van der Waals surface area contributed by atoms with Crippen LogP contribution in [-0.2, 0) is 20.3 Å². The van der Waals surface area contributed by atoms with Gasteiger partial charge in [-0.2, -0.15) is 4.31 Å². The van der Waals surface area contributed by atoms with E-state index in [-0.39, 0.29) is 10.8 Å². The molecule has 2 aliphatic heterocycles. The number of amides is 1. The second-order valence-electron chi connectivity index (χ2n) is 9.81. The van der Waals surface area contributed by atoms with E-state index in [1.54, 1.807) is 35.2 Å². The molecule has 0 unspecified atom stereocenters. The van der Waals surface area contributed by atoms with Crippen LogP contribution < -0.4 is 0 Å². The van der Waals surface area contributed by atoms with Crippen LogP contribution in [0.3, 0.4) is 0 Å². The second-order valence-corrected chi connectivity index (χ2v) is 11.7. The molecule has 0 radical (unpaired) electrons. The molecule has 1 atom stereocenters. The molecule has 184 valence electrons. The van der Waals surface area contributed by atoms with Gasteiger partial charge in [-0.15, -0.1) is 16.8 Å². The molecule has 2 aromatic rings. The lowest BCUT2D eigenvalue weighted by atomic mass is 9.92. The Hall–Kier alpha value is -2.72. The van der Waals surface area contributed by atoms with Crippen molar-refractivity contribution in [1.29, 1.82) is 0 Å². The van der Waals surface area contributed by atoms with E-state index in [2.05, 4.69) is 16.8 Å². The molecular formula is C24H32N4O5S. The van der Waals surface area contributed by atoms with Crippen LogP contribution in [0.5, 0.6) is 0 Å². The number of hydrogen-bond acceptors (Lipinski definition) is 7. The molecule has 0 bridgehead atoms. The van der Waals surface area contributed by atoms with E-state index in [0.717, 1.165) is 19.3 Å². The number of hydrogen-bond donors (Lipinski definition) is 0. The lowest BCUT2D eigenvalue weighted by Crippen LogP contribution is -2.47. The van der Waals surface area contributed by atoms with Crippen LogP contribution >= 0.6 is 0 Å². The Morgan fingerprint density at radius 3 is 2.44 bits per heavy atom. The number of likely N-dealkylation sites (tertiary alicyclic amines) is 1. The van der Waals surface area contributed by atoms with Crippen LogP contribution in [-0.4, -0.2) is 59.1 Å². The Bertz CT molecular complexity index is 1150. The summed E-state index contributed by atoms with van der Waals surface area (Å²) in [6, 6.07) is 6.46. The highest BCUT2D eigenvalue weighted by atomic mass is 32.2. The zero-order chi connectivity index (χ0) is 24.6. The SMILES string of the molecule is C=CC[C@]1(c2nnc(-c3ccc(S(=O)(=O)N4CCCC4)cc3)o2)CCCN1C(=O)OC(C)(C)C. The van der Waals surface area contributed by atoms with Crippen molar-refractivity contribution in [2.24, 2.45) is 0 Å². The fourth-order valence-corrected chi connectivity index (χ4v) is 6.11. The quantitative estimate of drug-likeness (QED) is 0.557. The summed E-state index contributed by atoms with van der Waals surface area (Å²) in [6.45, 7) is 11.0. The topological polar surface area (TPSA) is 106 Å². The molecule has 1 aromatic heterocycles. The third-order valence-electron chi connectivity index (χ3n) is 6.21. The first-order valence-electron chi connectivity index (χ1n) is 11.6. The molecule has 2 saturated heterocycles. The minimum Gasteiger partial charge on any atom is -0.444 e. The van der Waals surface area contributed by atoms with E-state index in [1.807, 2.05) is 20.8 Å². The first-order chi connectivity index (χ1) is 16.1. The highest BCUT2D eigenvalue weighted by Gasteiger charge is 2.49. The van der Waals surface area contributed by atoms with Crippen molar-refractivity contribution in [2.75, 3.05) is 19.6 Å². The number of ether oxygens (including phenoxy) is 1. The monoisotopic (exact) mass is 488 g/mol. The van der Waals surface area contributed by atoms with Gasteiger partial charge in [-0.3, -0.25) is 4.90 Å². The molecular weight excluding hydrogens is 456 g/mol. The summed E-state index contributed by atoms with van der Waals surface area (Å²) in [7, 11) is -3.50. The molecule has 0 N–H and O–H groups in total. The number of carbonyl (C=O) groups is 1. The summed E-state index contributed by atoms with van der Waals surface area (Å²) < 4.78 is 38.8. The third-order valence-corrected chi connectivity index (χ3v) is 8.12. The minimum atomic E-state index is -3.50.